The summed E-state index contributed by atoms with van der Waals surface area (Å²) >= 11 is 0. The molecule has 3 nitrogen and oxygen atoms in total. The molecule has 1 N–H and O–H groups in total. The van der Waals surface area contributed by atoms with Crippen molar-refractivity contribution in [3.05, 3.63) is 35.9 Å². The molecule has 20 heavy (non-hydrogen) atoms. The van der Waals surface area contributed by atoms with E-state index in [0.717, 1.165) is 13.1 Å². The fraction of sp³-hybridized carbons (Fsp3) is 0.647. The third kappa shape index (κ3) is 4.58. The number of hydrogen-bond donors (Lipinski definition) is 1. The van der Waals surface area contributed by atoms with Crippen molar-refractivity contribution in [3.63, 3.8) is 0 Å². The van der Waals surface area contributed by atoms with Gasteiger partial charge in [-0.05, 0) is 25.1 Å². The molecule has 3 heteroatoms. The van der Waals surface area contributed by atoms with E-state index in [0.29, 0.717) is 12.0 Å². The van der Waals surface area contributed by atoms with Gasteiger partial charge in [0.2, 0.25) is 0 Å². The van der Waals surface area contributed by atoms with Crippen LogP contribution in [0.3, 0.4) is 0 Å². The Morgan fingerprint density at radius 1 is 1.00 bits per heavy atom. The van der Waals surface area contributed by atoms with Crippen LogP contribution in [0.4, 0.5) is 0 Å². The van der Waals surface area contributed by atoms with Gasteiger partial charge in [0.25, 0.3) is 0 Å². The third-order valence-corrected chi connectivity index (χ3v) is 4.05. The highest BCUT2D eigenvalue weighted by Crippen LogP contribution is 2.21. The first-order valence-corrected chi connectivity index (χ1v) is 7.85. The first-order chi connectivity index (χ1) is 9.66. The predicted molar refractivity (Wildman–Crippen MR) is 86.0 cm³/mol. The van der Waals surface area contributed by atoms with Crippen LogP contribution in [-0.2, 0) is 0 Å². The lowest BCUT2D eigenvalue weighted by molar-refractivity contribution is 0.110. The van der Waals surface area contributed by atoms with Crippen LogP contribution < -0.4 is 5.32 Å². The molecule has 1 unspecified atom stereocenters. The first-order valence-electron chi connectivity index (χ1n) is 7.85. The largest absolute Gasteiger partial charge is 0.315 e. The molecule has 1 atom stereocenters. The Bertz CT molecular complexity index is 369. The minimum atomic E-state index is 0.503. The minimum absolute atomic E-state index is 0.503. The molecule has 1 fully saturated rings. The molecule has 0 saturated carbocycles. The molecule has 2 rings (SSSR count). The van der Waals surface area contributed by atoms with Gasteiger partial charge < -0.3 is 10.2 Å². The fourth-order valence-corrected chi connectivity index (χ4v) is 2.78. The highest BCUT2D eigenvalue weighted by atomic mass is 15.3. The van der Waals surface area contributed by atoms with E-state index in [4.69, 9.17) is 0 Å². The van der Waals surface area contributed by atoms with E-state index in [1.54, 1.807) is 0 Å². The summed E-state index contributed by atoms with van der Waals surface area (Å²) in [5.74, 6) is 0.707. The third-order valence-electron chi connectivity index (χ3n) is 4.05. The number of piperazine rings is 1. The Hall–Kier alpha value is -0.900. The Balaban J connectivity index is 2.00. The van der Waals surface area contributed by atoms with Gasteiger partial charge in [-0.25, -0.2) is 0 Å². The molecule has 1 aromatic carbocycles. The van der Waals surface area contributed by atoms with Crippen molar-refractivity contribution in [2.45, 2.75) is 19.9 Å². The molecule has 0 bridgehead atoms. The van der Waals surface area contributed by atoms with Crippen molar-refractivity contribution < 1.29 is 0 Å². The molecular formula is C17H29N3. The van der Waals surface area contributed by atoms with Crippen molar-refractivity contribution in [2.24, 2.45) is 5.92 Å². The zero-order valence-corrected chi connectivity index (χ0v) is 13.2. The van der Waals surface area contributed by atoms with E-state index >= 15 is 0 Å². The van der Waals surface area contributed by atoms with Gasteiger partial charge in [0.1, 0.15) is 0 Å². The Morgan fingerprint density at radius 2 is 1.65 bits per heavy atom. The molecular weight excluding hydrogens is 246 g/mol. The minimum Gasteiger partial charge on any atom is -0.315 e. The number of benzene rings is 1. The number of rotatable bonds is 6. The predicted octanol–water partition coefficient (Wildman–Crippen LogP) is 2.22. The molecule has 0 amide bonds. The molecule has 1 aromatic rings. The molecule has 0 spiro atoms. The van der Waals surface area contributed by atoms with Crippen LogP contribution in [0.25, 0.3) is 0 Å². The molecule has 1 aliphatic rings. The summed E-state index contributed by atoms with van der Waals surface area (Å²) in [5, 5.41) is 3.64. The van der Waals surface area contributed by atoms with Gasteiger partial charge in [-0.15, -0.1) is 0 Å². The lowest BCUT2D eigenvalue weighted by Gasteiger charge is -2.38. The van der Waals surface area contributed by atoms with Gasteiger partial charge in [0.05, 0.1) is 0 Å². The topological polar surface area (TPSA) is 18.5 Å². The SMILES string of the molecule is CC(C)CNCC(c1ccccc1)N1CCN(C)CC1. The second-order valence-corrected chi connectivity index (χ2v) is 6.32. The lowest BCUT2D eigenvalue weighted by Crippen LogP contribution is -2.48. The Morgan fingerprint density at radius 3 is 2.25 bits per heavy atom. The second-order valence-electron chi connectivity index (χ2n) is 6.32. The van der Waals surface area contributed by atoms with Crippen molar-refractivity contribution in [2.75, 3.05) is 46.3 Å². The van der Waals surface area contributed by atoms with Crippen molar-refractivity contribution in [1.82, 2.24) is 15.1 Å². The average molecular weight is 275 g/mol. The molecule has 1 saturated heterocycles. The molecule has 0 aromatic heterocycles. The maximum absolute atomic E-state index is 3.64. The van der Waals surface area contributed by atoms with E-state index in [9.17, 15) is 0 Å². The molecule has 0 radical (unpaired) electrons. The first kappa shape index (κ1) is 15.5. The molecule has 0 aliphatic carbocycles. The van der Waals surface area contributed by atoms with E-state index < -0.39 is 0 Å². The highest BCUT2D eigenvalue weighted by molar-refractivity contribution is 5.19. The average Bonchev–Trinajstić information content (AvgIpc) is 2.46. The molecule has 1 heterocycles. The van der Waals surface area contributed by atoms with Gasteiger partial charge in [0, 0.05) is 38.8 Å². The summed E-state index contributed by atoms with van der Waals surface area (Å²) in [6.07, 6.45) is 0. The highest BCUT2D eigenvalue weighted by Gasteiger charge is 2.23. The molecule has 112 valence electrons. The standard InChI is InChI=1S/C17H29N3/c1-15(2)13-18-14-17(16-7-5-4-6-8-16)20-11-9-19(3)10-12-20/h4-8,15,17-18H,9-14H2,1-3H3. The number of hydrogen-bond acceptors (Lipinski definition) is 3. The summed E-state index contributed by atoms with van der Waals surface area (Å²) in [6, 6.07) is 11.4. The van der Waals surface area contributed by atoms with Gasteiger partial charge in [-0.3, -0.25) is 4.90 Å². The monoisotopic (exact) mass is 275 g/mol. The van der Waals surface area contributed by atoms with Crippen molar-refractivity contribution in [3.8, 4) is 0 Å². The van der Waals surface area contributed by atoms with Gasteiger partial charge >= 0.3 is 0 Å². The maximum Gasteiger partial charge on any atom is 0.0473 e. The van der Waals surface area contributed by atoms with E-state index in [2.05, 4.69) is 66.3 Å². The Kier molecular flexibility index (Phi) is 6.02. The number of nitrogens with zero attached hydrogens (tertiary/aromatic N) is 2. The normalized spacial score (nSPS) is 19.4. The summed E-state index contributed by atoms with van der Waals surface area (Å²) < 4.78 is 0. The summed E-state index contributed by atoms with van der Waals surface area (Å²) in [6.45, 7) is 11.4. The zero-order valence-electron chi connectivity index (χ0n) is 13.2. The van der Waals surface area contributed by atoms with Gasteiger partial charge in [-0.2, -0.15) is 0 Å². The van der Waals surface area contributed by atoms with Crippen LogP contribution in [0, 0.1) is 5.92 Å². The molecule has 1 aliphatic heterocycles. The number of likely N-dealkylation sites (N-methyl/N-ethyl adjacent to an activating group) is 1. The smallest absolute Gasteiger partial charge is 0.0473 e. The van der Waals surface area contributed by atoms with Crippen LogP contribution in [0.2, 0.25) is 0 Å². The quantitative estimate of drug-likeness (QED) is 0.859. The van der Waals surface area contributed by atoms with E-state index in [1.165, 1.54) is 31.7 Å². The van der Waals surface area contributed by atoms with Crippen LogP contribution in [0.15, 0.2) is 30.3 Å². The summed E-state index contributed by atoms with van der Waals surface area (Å²) in [7, 11) is 2.21. The van der Waals surface area contributed by atoms with Crippen molar-refractivity contribution in [1.29, 1.82) is 0 Å². The van der Waals surface area contributed by atoms with Gasteiger partial charge in [-0.1, -0.05) is 44.2 Å². The maximum atomic E-state index is 3.64. The lowest BCUT2D eigenvalue weighted by atomic mass is 10.0. The van der Waals surface area contributed by atoms with Crippen LogP contribution in [-0.4, -0.2) is 56.1 Å². The van der Waals surface area contributed by atoms with Crippen molar-refractivity contribution >= 4 is 0 Å². The summed E-state index contributed by atoms with van der Waals surface area (Å²) in [4.78, 5) is 5.04. The fourth-order valence-electron chi connectivity index (χ4n) is 2.78. The van der Waals surface area contributed by atoms with Crippen LogP contribution in [0.5, 0.6) is 0 Å². The van der Waals surface area contributed by atoms with Crippen LogP contribution >= 0.6 is 0 Å². The number of nitrogens with one attached hydrogen (secondary N) is 1. The van der Waals surface area contributed by atoms with E-state index in [1.807, 2.05) is 0 Å². The Labute approximate surface area is 124 Å². The van der Waals surface area contributed by atoms with E-state index in [-0.39, 0.29) is 0 Å². The summed E-state index contributed by atoms with van der Waals surface area (Å²) in [5.41, 5.74) is 1.44. The zero-order chi connectivity index (χ0) is 14.4. The second kappa shape index (κ2) is 7.77. The van der Waals surface area contributed by atoms with Crippen LogP contribution in [0.1, 0.15) is 25.5 Å². The van der Waals surface area contributed by atoms with Gasteiger partial charge in [0.15, 0.2) is 0 Å².